The van der Waals surface area contributed by atoms with Crippen LogP contribution in [0.1, 0.15) is 11.3 Å². The van der Waals surface area contributed by atoms with E-state index in [0.29, 0.717) is 0 Å². The van der Waals surface area contributed by atoms with Crippen molar-refractivity contribution in [2.45, 2.75) is 13.8 Å². The number of benzene rings is 3. The van der Waals surface area contributed by atoms with E-state index < -0.39 is 0 Å². The molecule has 2 nitrogen and oxygen atoms in total. The van der Waals surface area contributed by atoms with Crippen LogP contribution in [-0.2, 0) is 7.05 Å². The zero-order valence-corrected chi connectivity index (χ0v) is 13.7. The van der Waals surface area contributed by atoms with Gasteiger partial charge in [-0.2, -0.15) is 0 Å². The van der Waals surface area contributed by atoms with Crippen molar-refractivity contribution in [1.29, 1.82) is 0 Å². The van der Waals surface area contributed by atoms with E-state index in [2.05, 4.69) is 78.1 Å². The van der Waals surface area contributed by atoms with Crippen LogP contribution in [0.2, 0.25) is 0 Å². The first-order valence-electron chi connectivity index (χ1n) is 7.89. The van der Waals surface area contributed by atoms with Crippen molar-refractivity contribution in [1.82, 2.24) is 4.98 Å². The molecule has 0 spiro atoms. The van der Waals surface area contributed by atoms with E-state index in [1.165, 1.54) is 38.4 Å². The van der Waals surface area contributed by atoms with Gasteiger partial charge in [-0.1, -0.05) is 53.5 Å². The summed E-state index contributed by atoms with van der Waals surface area (Å²) in [6, 6.07) is 19.6. The molecule has 0 radical (unpaired) electrons. The molecular formula is C21H19N2+. The molecular weight excluding hydrogens is 280 g/mol. The van der Waals surface area contributed by atoms with Crippen LogP contribution < -0.4 is 4.57 Å². The molecule has 23 heavy (non-hydrogen) atoms. The Labute approximate surface area is 136 Å². The molecule has 112 valence electrons. The number of hydrogen-bond acceptors (Lipinski definition) is 1. The highest BCUT2D eigenvalue weighted by Gasteiger charge is 2.16. The fourth-order valence-corrected chi connectivity index (χ4v) is 3.36. The summed E-state index contributed by atoms with van der Waals surface area (Å²) in [5.41, 5.74) is 4.83. The van der Waals surface area contributed by atoms with Gasteiger partial charge < -0.3 is 0 Å². The summed E-state index contributed by atoms with van der Waals surface area (Å²) >= 11 is 0. The molecule has 4 rings (SSSR count). The normalized spacial score (nSPS) is 11.3. The Morgan fingerprint density at radius 1 is 0.870 bits per heavy atom. The third kappa shape index (κ3) is 2.18. The second-order valence-corrected chi connectivity index (χ2v) is 6.17. The first-order chi connectivity index (χ1) is 11.1. The van der Waals surface area contributed by atoms with Crippen molar-refractivity contribution >= 4 is 21.5 Å². The van der Waals surface area contributed by atoms with Crippen LogP contribution in [0.25, 0.3) is 32.8 Å². The SMILES string of the molecule is Cc1cc(-c2c(C)ccc3ccc4ccccc4c23)[n+](C)cn1. The van der Waals surface area contributed by atoms with Crippen molar-refractivity contribution < 1.29 is 4.57 Å². The van der Waals surface area contributed by atoms with Gasteiger partial charge >= 0.3 is 0 Å². The van der Waals surface area contributed by atoms with Crippen LogP contribution in [-0.4, -0.2) is 4.98 Å². The van der Waals surface area contributed by atoms with Gasteiger partial charge in [0.15, 0.2) is 5.69 Å². The molecule has 0 saturated carbocycles. The second kappa shape index (κ2) is 5.17. The van der Waals surface area contributed by atoms with E-state index in [-0.39, 0.29) is 0 Å². The summed E-state index contributed by atoms with van der Waals surface area (Å²) in [4.78, 5) is 4.40. The topological polar surface area (TPSA) is 16.8 Å². The van der Waals surface area contributed by atoms with Gasteiger partial charge in [0.05, 0.1) is 7.05 Å². The molecule has 4 aromatic rings. The number of rotatable bonds is 1. The van der Waals surface area contributed by atoms with Crippen molar-refractivity contribution in [3.8, 4) is 11.3 Å². The molecule has 3 aromatic carbocycles. The summed E-state index contributed by atoms with van der Waals surface area (Å²) in [6.07, 6.45) is 1.90. The summed E-state index contributed by atoms with van der Waals surface area (Å²) in [5, 5.41) is 5.18. The van der Waals surface area contributed by atoms with Crippen molar-refractivity contribution in [3.05, 3.63) is 72.2 Å². The van der Waals surface area contributed by atoms with Gasteiger partial charge in [0, 0.05) is 23.9 Å². The number of fused-ring (bicyclic) bond motifs is 3. The van der Waals surface area contributed by atoms with Crippen LogP contribution in [0.4, 0.5) is 0 Å². The molecule has 0 unspecified atom stereocenters. The third-order valence-electron chi connectivity index (χ3n) is 4.53. The lowest BCUT2D eigenvalue weighted by atomic mass is 9.92. The fourth-order valence-electron chi connectivity index (χ4n) is 3.36. The first-order valence-corrected chi connectivity index (χ1v) is 7.89. The highest BCUT2D eigenvalue weighted by Crippen LogP contribution is 2.35. The van der Waals surface area contributed by atoms with E-state index in [0.717, 1.165) is 5.69 Å². The smallest absolute Gasteiger partial charge is 0.232 e. The molecule has 0 amide bonds. The average Bonchev–Trinajstić information content (AvgIpc) is 2.57. The zero-order chi connectivity index (χ0) is 16.0. The highest BCUT2D eigenvalue weighted by atomic mass is 15.0. The molecule has 1 aromatic heterocycles. The predicted molar refractivity (Wildman–Crippen MR) is 95.3 cm³/mol. The maximum Gasteiger partial charge on any atom is 0.286 e. The van der Waals surface area contributed by atoms with Gasteiger partial charge in [-0.25, -0.2) is 4.57 Å². The van der Waals surface area contributed by atoms with Gasteiger partial charge in [-0.05, 0) is 28.6 Å². The largest absolute Gasteiger partial charge is 0.286 e. The van der Waals surface area contributed by atoms with E-state index in [1.54, 1.807) is 0 Å². The van der Waals surface area contributed by atoms with E-state index in [9.17, 15) is 0 Å². The fraction of sp³-hybridized carbons (Fsp3) is 0.143. The predicted octanol–water partition coefficient (Wildman–Crippen LogP) is 4.50. The minimum Gasteiger partial charge on any atom is -0.232 e. The molecule has 2 heteroatoms. The molecule has 0 aliphatic heterocycles. The maximum atomic E-state index is 4.40. The summed E-state index contributed by atoms with van der Waals surface area (Å²) in [6.45, 7) is 4.23. The number of hydrogen-bond donors (Lipinski definition) is 0. The van der Waals surface area contributed by atoms with Crippen LogP contribution in [0, 0.1) is 13.8 Å². The molecule has 0 aliphatic rings. The Morgan fingerprint density at radius 3 is 2.48 bits per heavy atom. The molecule has 0 saturated heterocycles. The standard InChI is InChI=1S/C21H19N2/c1-14-8-9-17-11-10-16-6-4-5-7-18(16)21(17)20(14)19-12-15(2)22-13-23(19)3/h4-13H,1-3H3/q+1. The zero-order valence-electron chi connectivity index (χ0n) is 13.7. The summed E-state index contributed by atoms with van der Waals surface area (Å²) < 4.78 is 2.11. The molecule has 0 N–H and O–H groups in total. The van der Waals surface area contributed by atoms with Gasteiger partial charge in [0.2, 0.25) is 0 Å². The van der Waals surface area contributed by atoms with Crippen LogP contribution in [0.3, 0.4) is 0 Å². The molecule has 0 aliphatic carbocycles. The number of aromatic nitrogens is 2. The van der Waals surface area contributed by atoms with Crippen LogP contribution >= 0.6 is 0 Å². The lowest BCUT2D eigenvalue weighted by molar-refractivity contribution is -0.663. The average molecular weight is 299 g/mol. The van der Waals surface area contributed by atoms with Crippen molar-refractivity contribution in [3.63, 3.8) is 0 Å². The minimum absolute atomic E-state index is 1.04. The van der Waals surface area contributed by atoms with Gasteiger partial charge in [0.1, 0.15) is 5.69 Å². The quantitative estimate of drug-likeness (QED) is 0.373. The van der Waals surface area contributed by atoms with E-state index in [4.69, 9.17) is 0 Å². The number of aryl methyl sites for hydroxylation is 3. The Kier molecular flexibility index (Phi) is 3.12. The van der Waals surface area contributed by atoms with Crippen molar-refractivity contribution in [2.75, 3.05) is 0 Å². The third-order valence-corrected chi connectivity index (χ3v) is 4.53. The van der Waals surface area contributed by atoms with E-state index in [1.807, 2.05) is 13.3 Å². The molecule has 0 bridgehead atoms. The summed E-state index contributed by atoms with van der Waals surface area (Å²) in [7, 11) is 2.06. The minimum atomic E-state index is 1.04. The van der Waals surface area contributed by atoms with Gasteiger partial charge in [-0.3, -0.25) is 0 Å². The maximum absolute atomic E-state index is 4.40. The Bertz CT molecular complexity index is 1050. The Hall–Kier alpha value is -2.74. The van der Waals surface area contributed by atoms with E-state index >= 15 is 0 Å². The van der Waals surface area contributed by atoms with Crippen molar-refractivity contribution in [2.24, 2.45) is 7.05 Å². The highest BCUT2D eigenvalue weighted by molar-refractivity contribution is 6.14. The monoisotopic (exact) mass is 299 g/mol. The number of nitrogens with zero attached hydrogens (tertiary/aromatic N) is 2. The van der Waals surface area contributed by atoms with Crippen LogP contribution in [0.15, 0.2) is 60.9 Å². The lowest BCUT2D eigenvalue weighted by Gasteiger charge is -2.13. The molecule has 0 atom stereocenters. The van der Waals surface area contributed by atoms with Crippen LogP contribution in [0.5, 0.6) is 0 Å². The van der Waals surface area contributed by atoms with Gasteiger partial charge in [0.25, 0.3) is 6.33 Å². The Morgan fingerprint density at radius 2 is 1.61 bits per heavy atom. The summed E-state index contributed by atoms with van der Waals surface area (Å²) in [5.74, 6) is 0. The molecule has 1 heterocycles. The molecule has 0 fully saturated rings. The van der Waals surface area contributed by atoms with Gasteiger partial charge in [-0.15, -0.1) is 0 Å². The lowest BCUT2D eigenvalue weighted by Crippen LogP contribution is -2.31. The Balaban J connectivity index is 2.23. The first kappa shape index (κ1) is 13.9. The second-order valence-electron chi connectivity index (χ2n) is 6.17.